The highest BCUT2D eigenvalue weighted by Gasteiger charge is 1.80. The molecule has 0 aliphatic heterocycles. The summed E-state index contributed by atoms with van der Waals surface area (Å²) in [4.78, 5) is 0. The van der Waals surface area contributed by atoms with Crippen molar-refractivity contribution in [3.8, 4) is 0 Å². The molecule has 0 bridgehead atoms. The monoisotopic (exact) mass is 142 g/mol. The largest absolute Gasteiger partial charge is 0.208 e. The molecule has 0 spiro atoms. The van der Waals surface area contributed by atoms with Gasteiger partial charge in [-0.15, -0.1) is 0 Å². The van der Waals surface area contributed by atoms with E-state index >= 15 is 0 Å². The molecule has 1 heteroatoms. The van der Waals surface area contributed by atoms with Crippen LogP contribution in [0.25, 0.3) is 0 Å². The lowest BCUT2D eigenvalue weighted by atomic mass is 10.3. The van der Waals surface area contributed by atoms with Crippen molar-refractivity contribution in [2.45, 2.75) is 20.8 Å². The van der Waals surface area contributed by atoms with Gasteiger partial charge in [0.2, 0.25) is 0 Å². The van der Waals surface area contributed by atoms with Gasteiger partial charge >= 0.3 is 0 Å². The van der Waals surface area contributed by atoms with Gasteiger partial charge in [-0.25, -0.2) is 4.39 Å². The summed E-state index contributed by atoms with van der Waals surface area (Å²) >= 11 is 0. The molecular formula is C9H15F. The Balaban J connectivity index is 0. The Morgan fingerprint density at radius 3 is 1.90 bits per heavy atom. The highest BCUT2D eigenvalue weighted by Crippen LogP contribution is 2.00. The van der Waals surface area contributed by atoms with E-state index in [0.29, 0.717) is 0 Å². The van der Waals surface area contributed by atoms with Crippen molar-refractivity contribution in [2.24, 2.45) is 0 Å². The van der Waals surface area contributed by atoms with Crippen LogP contribution in [0.4, 0.5) is 4.39 Å². The molecule has 0 aliphatic rings. The van der Waals surface area contributed by atoms with E-state index in [2.05, 4.69) is 13.2 Å². The van der Waals surface area contributed by atoms with Crippen molar-refractivity contribution in [1.82, 2.24) is 0 Å². The van der Waals surface area contributed by atoms with Crippen LogP contribution in [-0.4, -0.2) is 0 Å². The second-order valence-corrected chi connectivity index (χ2v) is 1.54. The van der Waals surface area contributed by atoms with Crippen molar-refractivity contribution in [2.75, 3.05) is 0 Å². The van der Waals surface area contributed by atoms with Crippen LogP contribution in [0.5, 0.6) is 0 Å². The van der Waals surface area contributed by atoms with Gasteiger partial charge in [0, 0.05) is 0 Å². The summed E-state index contributed by atoms with van der Waals surface area (Å²) in [6.45, 7) is 12.3. The Morgan fingerprint density at radius 1 is 1.40 bits per heavy atom. The molecule has 0 aliphatic carbocycles. The molecule has 0 N–H and O–H groups in total. The molecule has 0 fully saturated rings. The molecule has 58 valence electrons. The highest BCUT2D eigenvalue weighted by molar-refractivity contribution is 5.21. The third-order valence-corrected chi connectivity index (χ3v) is 0.706. The molecule has 0 atom stereocenters. The molecule has 0 saturated heterocycles. The summed E-state index contributed by atoms with van der Waals surface area (Å²) in [5.74, 6) is -0.428. The molecule has 0 amide bonds. The SMILES string of the molecule is C=C/C(C)=C\C(=C)F.CC. The summed E-state index contributed by atoms with van der Waals surface area (Å²) in [6, 6.07) is 0. The zero-order valence-corrected chi connectivity index (χ0v) is 6.95. The maximum Gasteiger partial charge on any atom is 0.116 e. The van der Waals surface area contributed by atoms with E-state index < -0.39 is 5.83 Å². The normalized spacial score (nSPS) is 9.40. The van der Waals surface area contributed by atoms with Crippen LogP contribution in [0, 0.1) is 0 Å². The number of halogens is 1. The molecule has 0 aromatic rings. The molecule has 0 unspecified atom stereocenters. The topological polar surface area (TPSA) is 0 Å². The van der Waals surface area contributed by atoms with E-state index in [1.54, 1.807) is 13.0 Å². The van der Waals surface area contributed by atoms with Gasteiger partial charge < -0.3 is 0 Å². The van der Waals surface area contributed by atoms with Crippen molar-refractivity contribution in [1.29, 1.82) is 0 Å². The predicted octanol–water partition coefficient (Wildman–Crippen LogP) is 3.63. The quantitative estimate of drug-likeness (QED) is 0.516. The fraction of sp³-hybridized carbons (Fsp3) is 0.333. The lowest BCUT2D eigenvalue weighted by Gasteiger charge is -1.84. The third-order valence-electron chi connectivity index (χ3n) is 0.706. The third kappa shape index (κ3) is 10.2. The summed E-state index contributed by atoms with van der Waals surface area (Å²) < 4.78 is 11.8. The average Bonchev–Trinajstić information content (AvgIpc) is 1.91. The van der Waals surface area contributed by atoms with E-state index in [-0.39, 0.29) is 0 Å². The van der Waals surface area contributed by atoms with Crippen LogP contribution in [0.2, 0.25) is 0 Å². The molecule has 0 nitrogen and oxygen atoms in total. The Labute approximate surface area is 62.8 Å². The Bertz CT molecular complexity index is 132. The second-order valence-electron chi connectivity index (χ2n) is 1.54. The molecule has 0 radical (unpaired) electrons. The van der Waals surface area contributed by atoms with Crippen LogP contribution >= 0.6 is 0 Å². The first-order valence-corrected chi connectivity index (χ1v) is 3.32. The first kappa shape index (κ1) is 11.9. The minimum absolute atomic E-state index is 0.428. The molecule has 0 aromatic carbocycles. The van der Waals surface area contributed by atoms with Crippen molar-refractivity contribution in [3.63, 3.8) is 0 Å². The van der Waals surface area contributed by atoms with E-state index in [9.17, 15) is 4.39 Å². The predicted molar refractivity (Wildman–Crippen MR) is 45.6 cm³/mol. The number of allylic oxidation sites excluding steroid dienone is 4. The minimum Gasteiger partial charge on any atom is -0.208 e. The Morgan fingerprint density at radius 2 is 1.80 bits per heavy atom. The van der Waals surface area contributed by atoms with Crippen LogP contribution in [0.3, 0.4) is 0 Å². The van der Waals surface area contributed by atoms with Gasteiger partial charge in [0.15, 0.2) is 0 Å². The maximum absolute atomic E-state index is 11.8. The number of rotatable bonds is 2. The summed E-state index contributed by atoms with van der Waals surface area (Å²) in [5, 5.41) is 0. The van der Waals surface area contributed by atoms with Gasteiger partial charge in [0.25, 0.3) is 0 Å². The lowest BCUT2D eigenvalue weighted by Crippen LogP contribution is -1.65. The molecule has 0 rings (SSSR count). The van der Waals surface area contributed by atoms with E-state index in [4.69, 9.17) is 0 Å². The minimum atomic E-state index is -0.428. The number of hydrogen-bond acceptors (Lipinski definition) is 0. The van der Waals surface area contributed by atoms with Gasteiger partial charge in [0.05, 0.1) is 0 Å². The molecule has 10 heavy (non-hydrogen) atoms. The van der Waals surface area contributed by atoms with Crippen LogP contribution < -0.4 is 0 Å². The van der Waals surface area contributed by atoms with Crippen LogP contribution in [0.15, 0.2) is 36.7 Å². The van der Waals surface area contributed by atoms with E-state index in [0.717, 1.165) is 5.57 Å². The van der Waals surface area contributed by atoms with Gasteiger partial charge in [0.1, 0.15) is 5.83 Å². The van der Waals surface area contributed by atoms with Crippen LogP contribution in [-0.2, 0) is 0 Å². The Hall–Kier alpha value is -0.850. The summed E-state index contributed by atoms with van der Waals surface area (Å²) in [6.07, 6.45) is 2.90. The van der Waals surface area contributed by atoms with Gasteiger partial charge in [-0.1, -0.05) is 33.1 Å². The summed E-state index contributed by atoms with van der Waals surface area (Å²) in [5.41, 5.74) is 0.789. The molecular weight excluding hydrogens is 127 g/mol. The first-order chi connectivity index (χ1) is 4.66. The summed E-state index contributed by atoms with van der Waals surface area (Å²) in [7, 11) is 0. The fourth-order valence-corrected chi connectivity index (χ4v) is 0.306. The highest BCUT2D eigenvalue weighted by atomic mass is 19.1. The maximum atomic E-state index is 11.8. The number of hydrogen-bond donors (Lipinski definition) is 0. The molecule has 0 saturated carbocycles. The zero-order chi connectivity index (χ0) is 8.57. The van der Waals surface area contributed by atoms with Crippen molar-refractivity contribution < 1.29 is 4.39 Å². The fourth-order valence-electron chi connectivity index (χ4n) is 0.306. The molecule has 0 aromatic heterocycles. The zero-order valence-electron chi connectivity index (χ0n) is 6.95. The smallest absolute Gasteiger partial charge is 0.116 e. The average molecular weight is 142 g/mol. The van der Waals surface area contributed by atoms with E-state index in [1.807, 2.05) is 13.8 Å². The Kier molecular flexibility index (Phi) is 9.69. The molecule has 0 heterocycles. The van der Waals surface area contributed by atoms with Gasteiger partial charge in [-0.3, -0.25) is 0 Å². The van der Waals surface area contributed by atoms with Gasteiger partial charge in [-0.05, 0) is 18.6 Å². The van der Waals surface area contributed by atoms with Crippen LogP contribution in [0.1, 0.15) is 20.8 Å². The first-order valence-electron chi connectivity index (χ1n) is 3.32. The van der Waals surface area contributed by atoms with E-state index in [1.165, 1.54) is 6.08 Å². The standard InChI is InChI=1S/C7H9F.C2H6/c1-4-6(2)5-7(3)8;1-2/h4-5H,1,3H2,2H3;1-2H3/b6-5-;. The van der Waals surface area contributed by atoms with Crippen molar-refractivity contribution >= 4 is 0 Å². The van der Waals surface area contributed by atoms with Gasteiger partial charge in [-0.2, -0.15) is 0 Å². The lowest BCUT2D eigenvalue weighted by molar-refractivity contribution is 0.670. The second kappa shape index (κ2) is 8.15. The van der Waals surface area contributed by atoms with Crippen molar-refractivity contribution in [3.05, 3.63) is 36.7 Å².